The summed E-state index contributed by atoms with van der Waals surface area (Å²) in [5, 5.41) is 9.85. The molecule has 0 spiro atoms. The molecule has 0 radical (unpaired) electrons. The largest absolute Gasteiger partial charge is 0.392 e. The van der Waals surface area contributed by atoms with E-state index in [-0.39, 0.29) is 6.10 Å². The normalized spacial score (nSPS) is 51.8. The first kappa shape index (κ1) is 11.7. The first-order valence-corrected chi connectivity index (χ1v) is 8.11. The van der Waals surface area contributed by atoms with E-state index in [9.17, 15) is 5.11 Å². The van der Waals surface area contributed by atoms with Crippen LogP contribution in [-0.2, 0) is 0 Å². The van der Waals surface area contributed by atoms with E-state index in [0.29, 0.717) is 5.41 Å². The average Bonchev–Trinajstić information content (AvgIpc) is 2.25. The first-order chi connectivity index (χ1) is 8.71. The molecule has 1 heterocycles. The van der Waals surface area contributed by atoms with Gasteiger partial charge in [0.1, 0.15) is 0 Å². The zero-order chi connectivity index (χ0) is 12.2. The van der Waals surface area contributed by atoms with Crippen molar-refractivity contribution in [2.45, 2.75) is 57.5 Å². The SMILES string of the molecule is O[C@H]1CCCN(CC23CC4CC(CC(C4)C2)C3)C1. The minimum atomic E-state index is -0.0485. The molecule has 1 N–H and O–H groups in total. The summed E-state index contributed by atoms with van der Waals surface area (Å²) in [5.74, 6) is 3.18. The Balaban J connectivity index is 1.47. The number of likely N-dealkylation sites (tertiary alicyclic amines) is 1. The molecule has 2 heteroatoms. The van der Waals surface area contributed by atoms with Crippen molar-refractivity contribution in [3.63, 3.8) is 0 Å². The zero-order valence-corrected chi connectivity index (χ0v) is 11.5. The lowest BCUT2D eigenvalue weighted by atomic mass is 9.49. The van der Waals surface area contributed by atoms with Crippen LogP contribution in [-0.4, -0.2) is 35.7 Å². The molecule has 4 saturated carbocycles. The van der Waals surface area contributed by atoms with E-state index in [4.69, 9.17) is 0 Å². The lowest BCUT2D eigenvalue weighted by Gasteiger charge is -2.58. The van der Waals surface area contributed by atoms with E-state index < -0.39 is 0 Å². The molecule has 0 aromatic rings. The fourth-order valence-corrected chi connectivity index (χ4v) is 6.13. The molecule has 2 nitrogen and oxygen atoms in total. The number of aliphatic hydroxyl groups is 1. The minimum absolute atomic E-state index is 0.0485. The second-order valence-corrected chi connectivity index (χ2v) is 7.95. The van der Waals surface area contributed by atoms with Gasteiger partial charge >= 0.3 is 0 Å². The van der Waals surface area contributed by atoms with Gasteiger partial charge in [-0.25, -0.2) is 0 Å². The highest BCUT2D eigenvalue weighted by atomic mass is 16.3. The number of piperidine rings is 1. The molecular formula is C16H27NO. The molecule has 102 valence electrons. The highest BCUT2D eigenvalue weighted by Crippen LogP contribution is 2.60. The van der Waals surface area contributed by atoms with Crippen LogP contribution >= 0.6 is 0 Å². The van der Waals surface area contributed by atoms with E-state index in [0.717, 1.165) is 30.7 Å². The molecule has 0 unspecified atom stereocenters. The van der Waals surface area contributed by atoms with E-state index in [1.54, 1.807) is 19.3 Å². The van der Waals surface area contributed by atoms with Crippen LogP contribution in [0.1, 0.15) is 51.4 Å². The number of hydrogen-bond donors (Lipinski definition) is 1. The maximum absolute atomic E-state index is 9.85. The number of rotatable bonds is 2. The monoisotopic (exact) mass is 249 g/mol. The summed E-state index contributed by atoms with van der Waals surface area (Å²) in [4.78, 5) is 2.58. The third-order valence-electron chi connectivity index (χ3n) is 6.20. The molecule has 5 fully saturated rings. The number of β-amino-alcohol motifs (C(OH)–C–C–N with tert-alkyl or cyclic N) is 1. The van der Waals surface area contributed by atoms with Crippen molar-refractivity contribution in [2.75, 3.05) is 19.6 Å². The number of hydrogen-bond acceptors (Lipinski definition) is 2. The summed E-state index contributed by atoms with van der Waals surface area (Å²) in [6.07, 6.45) is 11.3. The van der Waals surface area contributed by atoms with E-state index in [1.807, 2.05) is 0 Å². The fourth-order valence-electron chi connectivity index (χ4n) is 6.13. The topological polar surface area (TPSA) is 23.5 Å². The molecule has 0 aromatic heterocycles. The van der Waals surface area contributed by atoms with Gasteiger partial charge in [-0.1, -0.05) is 0 Å². The molecule has 4 bridgehead atoms. The Morgan fingerprint density at radius 2 is 1.61 bits per heavy atom. The Morgan fingerprint density at radius 1 is 1.00 bits per heavy atom. The first-order valence-electron chi connectivity index (χ1n) is 8.11. The fraction of sp³-hybridized carbons (Fsp3) is 1.00. The van der Waals surface area contributed by atoms with Crippen molar-refractivity contribution in [1.82, 2.24) is 4.90 Å². The lowest BCUT2D eigenvalue weighted by Crippen LogP contribution is -2.53. The summed E-state index contributed by atoms with van der Waals surface area (Å²) in [7, 11) is 0. The summed E-state index contributed by atoms with van der Waals surface area (Å²) < 4.78 is 0. The van der Waals surface area contributed by atoms with Crippen LogP contribution in [0.5, 0.6) is 0 Å². The number of aliphatic hydroxyl groups excluding tert-OH is 1. The maximum atomic E-state index is 9.85. The molecular weight excluding hydrogens is 222 g/mol. The third kappa shape index (κ3) is 2.02. The second kappa shape index (κ2) is 4.21. The highest BCUT2D eigenvalue weighted by molar-refractivity contribution is 5.02. The van der Waals surface area contributed by atoms with Gasteiger partial charge in [0.05, 0.1) is 6.10 Å². The molecule has 0 aromatic carbocycles. The van der Waals surface area contributed by atoms with Crippen LogP contribution < -0.4 is 0 Å². The van der Waals surface area contributed by atoms with Crippen molar-refractivity contribution in [2.24, 2.45) is 23.2 Å². The number of nitrogens with zero attached hydrogens (tertiary/aromatic N) is 1. The summed E-state index contributed by atoms with van der Waals surface area (Å²) in [6.45, 7) is 3.48. The van der Waals surface area contributed by atoms with Crippen LogP contribution in [0, 0.1) is 23.2 Å². The predicted molar refractivity (Wildman–Crippen MR) is 72.3 cm³/mol. The summed E-state index contributed by atoms with van der Waals surface area (Å²) >= 11 is 0. The Bertz CT molecular complexity index is 292. The molecule has 1 saturated heterocycles. The van der Waals surface area contributed by atoms with Gasteiger partial charge in [-0.3, -0.25) is 0 Å². The second-order valence-electron chi connectivity index (χ2n) is 7.95. The smallest absolute Gasteiger partial charge is 0.0667 e. The van der Waals surface area contributed by atoms with Crippen molar-refractivity contribution in [3.8, 4) is 0 Å². The van der Waals surface area contributed by atoms with Crippen LogP contribution in [0.2, 0.25) is 0 Å². The Kier molecular flexibility index (Phi) is 2.74. The molecule has 0 amide bonds. The Hall–Kier alpha value is -0.0800. The van der Waals surface area contributed by atoms with Crippen LogP contribution in [0.4, 0.5) is 0 Å². The predicted octanol–water partition coefficient (Wildman–Crippen LogP) is 2.66. The van der Waals surface area contributed by atoms with Gasteiger partial charge in [0, 0.05) is 13.1 Å². The third-order valence-corrected chi connectivity index (χ3v) is 6.20. The van der Waals surface area contributed by atoms with E-state index in [1.165, 1.54) is 38.8 Å². The maximum Gasteiger partial charge on any atom is 0.0667 e. The van der Waals surface area contributed by atoms with Gasteiger partial charge < -0.3 is 10.0 Å². The Labute approximate surface area is 111 Å². The standard InChI is InChI=1S/C16H27NO/c18-15-2-1-3-17(10-15)11-16-7-12-4-13(8-16)6-14(5-12)9-16/h12-15,18H,1-11H2/t12?,13?,14?,15-,16?/m0/s1. The van der Waals surface area contributed by atoms with Crippen molar-refractivity contribution >= 4 is 0 Å². The van der Waals surface area contributed by atoms with E-state index in [2.05, 4.69) is 4.90 Å². The molecule has 1 aliphatic heterocycles. The van der Waals surface area contributed by atoms with Crippen molar-refractivity contribution < 1.29 is 5.11 Å². The van der Waals surface area contributed by atoms with Crippen molar-refractivity contribution in [3.05, 3.63) is 0 Å². The van der Waals surface area contributed by atoms with Crippen molar-refractivity contribution in [1.29, 1.82) is 0 Å². The van der Waals surface area contributed by atoms with Crippen LogP contribution in [0.25, 0.3) is 0 Å². The van der Waals surface area contributed by atoms with Gasteiger partial charge in [0.2, 0.25) is 0 Å². The van der Waals surface area contributed by atoms with Gasteiger partial charge in [-0.2, -0.15) is 0 Å². The van der Waals surface area contributed by atoms with E-state index >= 15 is 0 Å². The highest BCUT2D eigenvalue weighted by Gasteiger charge is 2.51. The summed E-state index contributed by atoms with van der Waals surface area (Å²) in [6, 6.07) is 0. The van der Waals surface area contributed by atoms with Gasteiger partial charge in [0.15, 0.2) is 0 Å². The van der Waals surface area contributed by atoms with Crippen LogP contribution in [0.15, 0.2) is 0 Å². The molecule has 5 aliphatic rings. The minimum Gasteiger partial charge on any atom is -0.392 e. The Morgan fingerprint density at radius 3 is 2.17 bits per heavy atom. The van der Waals surface area contributed by atoms with Gasteiger partial charge in [0.25, 0.3) is 0 Å². The molecule has 18 heavy (non-hydrogen) atoms. The van der Waals surface area contributed by atoms with Crippen LogP contribution in [0.3, 0.4) is 0 Å². The average molecular weight is 249 g/mol. The lowest BCUT2D eigenvalue weighted by molar-refractivity contribution is -0.0770. The summed E-state index contributed by atoms with van der Waals surface area (Å²) in [5.41, 5.74) is 0.659. The quantitative estimate of drug-likeness (QED) is 0.813. The molecule has 5 rings (SSSR count). The van der Waals surface area contributed by atoms with Gasteiger partial charge in [-0.05, 0) is 81.1 Å². The molecule has 4 aliphatic carbocycles. The van der Waals surface area contributed by atoms with Gasteiger partial charge in [-0.15, -0.1) is 0 Å². The molecule has 1 atom stereocenters. The zero-order valence-electron chi connectivity index (χ0n) is 11.5.